The van der Waals surface area contributed by atoms with E-state index in [1.165, 1.54) is 5.69 Å². The quantitative estimate of drug-likeness (QED) is 0.360. The number of fused-ring (bicyclic) bond motifs is 3. The maximum absolute atomic E-state index is 13.8. The number of anilines is 2. The van der Waals surface area contributed by atoms with Crippen LogP contribution in [0.3, 0.4) is 0 Å². The Bertz CT molecular complexity index is 1420. The van der Waals surface area contributed by atoms with Gasteiger partial charge in [-0.05, 0) is 73.9 Å². The number of benzene rings is 2. The van der Waals surface area contributed by atoms with E-state index in [-0.39, 0.29) is 17.6 Å². The molecular weight excluding hydrogens is 434 g/mol. The van der Waals surface area contributed by atoms with Gasteiger partial charge in [0.1, 0.15) is 5.76 Å². The molecule has 0 saturated heterocycles. The summed E-state index contributed by atoms with van der Waals surface area (Å²) in [7, 11) is 0. The first-order valence-corrected chi connectivity index (χ1v) is 12.5. The van der Waals surface area contributed by atoms with Crippen molar-refractivity contribution in [3.8, 4) is 0 Å². The van der Waals surface area contributed by atoms with Crippen molar-refractivity contribution in [3.63, 3.8) is 0 Å². The Balaban J connectivity index is 1.52. The molecule has 4 aromatic rings. The second-order valence-electron chi connectivity index (χ2n) is 9.35. The molecule has 35 heavy (non-hydrogen) atoms. The number of hydrogen-bond donors (Lipinski definition) is 1. The minimum absolute atomic E-state index is 0.0538. The van der Waals surface area contributed by atoms with Gasteiger partial charge in [0.25, 0.3) is 0 Å². The molecular formula is C30H29N3O2. The molecule has 0 spiro atoms. The normalized spacial score (nSPS) is 19.3. The first kappa shape index (κ1) is 21.7. The molecule has 5 nitrogen and oxygen atoms in total. The molecule has 1 aliphatic heterocycles. The summed E-state index contributed by atoms with van der Waals surface area (Å²) < 4.78 is 5.68. The molecule has 5 heteroatoms. The number of carbonyl (C=O) groups excluding carboxylic acids is 1. The monoisotopic (exact) mass is 463 g/mol. The zero-order valence-corrected chi connectivity index (χ0v) is 20.1. The Labute approximate surface area is 205 Å². The van der Waals surface area contributed by atoms with Gasteiger partial charge in [-0.3, -0.25) is 9.78 Å². The van der Waals surface area contributed by atoms with Crippen LogP contribution in [0.2, 0.25) is 0 Å². The molecule has 2 aromatic heterocycles. The molecule has 2 aromatic carbocycles. The number of rotatable bonds is 5. The number of Topliss-reactive ketones (excluding diaryl/α,β-unsaturated/α-hetero) is 1. The maximum Gasteiger partial charge on any atom is 0.162 e. The topological polar surface area (TPSA) is 58.4 Å². The number of allylic oxidation sites excluding steroid dienone is 2. The summed E-state index contributed by atoms with van der Waals surface area (Å²) >= 11 is 0. The molecule has 0 amide bonds. The Morgan fingerprint density at radius 1 is 1.00 bits per heavy atom. The third-order valence-corrected chi connectivity index (χ3v) is 7.50. The summed E-state index contributed by atoms with van der Waals surface area (Å²) in [6.45, 7) is 6.27. The SMILES string of the molecule is CCN(CC)c1ccc(C2C3=C(CC(c4ccco4)CC3=O)Nc3ccc4ncccc4c32)cc1. The Morgan fingerprint density at radius 3 is 2.57 bits per heavy atom. The molecule has 2 unspecified atom stereocenters. The van der Waals surface area contributed by atoms with Crippen LogP contribution < -0.4 is 10.2 Å². The fourth-order valence-electron chi connectivity index (χ4n) is 5.81. The van der Waals surface area contributed by atoms with E-state index in [0.29, 0.717) is 6.42 Å². The number of hydrogen-bond acceptors (Lipinski definition) is 5. The van der Waals surface area contributed by atoms with Crippen molar-refractivity contribution in [2.45, 2.75) is 38.5 Å². The molecule has 0 radical (unpaired) electrons. The van der Waals surface area contributed by atoms with E-state index in [1.807, 2.05) is 24.4 Å². The molecule has 0 bridgehead atoms. The molecule has 0 fully saturated rings. The summed E-state index contributed by atoms with van der Waals surface area (Å²) in [5, 5.41) is 4.73. The first-order valence-electron chi connectivity index (χ1n) is 12.5. The standard InChI is InChI=1S/C30H29N3O2/c1-3-33(4-2)21-11-9-19(10-12-21)28-29-22-7-5-15-31-23(22)13-14-24(29)32-25-17-20(18-26(34)30(25)28)27-8-6-16-35-27/h5-16,20,28,32H,3-4,17-18H2,1-2H3. The highest BCUT2D eigenvalue weighted by molar-refractivity contribution is 6.04. The third-order valence-electron chi connectivity index (χ3n) is 7.50. The van der Waals surface area contributed by atoms with Gasteiger partial charge in [-0.2, -0.15) is 0 Å². The molecule has 0 saturated carbocycles. The third kappa shape index (κ3) is 3.63. The van der Waals surface area contributed by atoms with E-state index in [2.05, 4.69) is 71.5 Å². The Hall–Kier alpha value is -3.86. The fourth-order valence-corrected chi connectivity index (χ4v) is 5.81. The number of nitrogens with one attached hydrogen (secondary N) is 1. The summed E-state index contributed by atoms with van der Waals surface area (Å²) in [6, 6.07) is 20.9. The van der Waals surface area contributed by atoms with E-state index < -0.39 is 0 Å². The fraction of sp³-hybridized carbons (Fsp3) is 0.267. The summed E-state index contributed by atoms with van der Waals surface area (Å²) in [5.74, 6) is 0.980. The highest BCUT2D eigenvalue weighted by atomic mass is 16.3. The van der Waals surface area contributed by atoms with Gasteiger partial charge in [0, 0.05) is 65.6 Å². The molecule has 1 aliphatic carbocycles. The molecule has 3 heterocycles. The van der Waals surface area contributed by atoms with Crippen LogP contribution in [0, 0.1) is 0 Å². The van der Waals surface area contributed by atoms with Crippen LogP contribution in [0.1, 0.15) is 55.4 Å². The van der Waals surface area contributed by atoms with Crippen LogP contribution in [-0.2, 0) is 4.79 Å². The van der Waals surface area contributed by atoms with E-state index in [4.69, 9.17) is 4.42 Å². The summed E-state index contributed by atoms with van der Waals surface area (Å²) in [6.07, 6.45) is 4.73. The zero-order chi connectivity index (χ0) is 23.9. The number of nitrogens with zero attached hydrogens (tertiary/aromatic N) is 2. The number of aromatic nitrogens is 1. The predicted octanol–water partition coefficient (Wildman–Crippen LogP) is 6.63. The van der Waals surface area contributed by atoms with Gasteiger partial charge in [-0.1, -0.05) is 18.2 Å². The van der Waals surface area contributed by atoms with Gasteiger partial charge in [0.2, 0.25) is 0 Å². The van der Waals surface area contributed by atoms with Crippen LogP contribution in [0.4, 0.5) is 11.4 Å². The minimum Gasteiger partial charge on any atom is -0.469 e. The lowest BCUT2D eigenvalue weighted by Gasteiger charge is -2.37. The van der Waals surface area contributed by atoms with Crippen LogP contribution in [0.25, 0.3) is 10.9 Å². The van der Waals surface area contributed by atoms with Crippen molar-refractivity contribution in [2.75, 3.05) is 23.3 Å². The second kappa shape index (κ2) is 8.73. The van der Waals surface area contributed by atoms with Crippen LogP contribution >= 0.6 is 0 Å². The Kier molecular flexibility index (Phi) is 5.40. The van der Waals surface area contributed by atoms with Gasteiger partial charge >= 0.3 is 0 Å². The first-order chi connectivity index (χ1) is 17.2. The summed E-state index contributed by atoms with van der Waals surface area (Å²) in [4.78, 5) is 20.7. The van der Waals surface area contributed by atoms with Crippen LogP contribution in [0.5, 0.6) is 0 Å². The van der Waals surface area contributed by atoms with Gasteiger partial charge in [-0.25, -0.2) is 0 Å². The average molecular weight is 464 g/mol. The average Bonchev–Trinajstić information content (AvgIpc) is 3.44. The van der Waals surface area contributed by atoms with Crippen molar-refractivity contribution >= 4 is 28.1 Å². The lowest BCUT2D eigenvalue weighted by atomic mass is 9.72. The molecule has 2 atom stereocenters. The number of furan rings is 1. The van der Waals surface area contributed by atoms with Crippen molar-refractivity contribution in [2.24, 2.45) is 0 Å². The van der Waals surface area contributed by atoms with Crippen molar-refractivity contribution in [1.29, 1.82) is 0 Å². The van der Waals surface area contributed by atoms with Crippen LogP contribution in [-0.4, -0.2) is 23.9 Å². The number of carbonyl (C=O) groups is 1. The largest absolute Gasteiger partial charge is 0.469 e. The summed E-state index contributed by atoms with van der Waals surface area (Å²) in [5.41, 5.74) is 7.36. The van der Waals surface area contributed by atoms with Gasteiger partial charge in [-0.15, -0.1) is 0 Å². The number of pyridine rings is 1. The maximum atomic E-state index is 13.8. The van der Waals surface area contributed by atoms with Crippen molar-refractivity contribution in [3.05, 3.63) is 101 Å². The molecule has 2 aliphatic rings. The van der Waals surface area contributed by atoms with E-state index >= 15 is 0 Å². The van der Waals surface area contributed by atoms with Gasteiger partial charge < -0.3 is 14.6 Å². The minimum atomic E-state index is -0.134. The van der Waals surface area contributed by atoms with Crippen molar-refractivity contribution in [1.82, 2.24) is 4.98 Å². The lowest BCUT2D eigenvalue weighted by molar-refractivity contribution is -0.116. The zero-order valence-electron chi connectivity index (χ0n) is 20.1. The van der Waals surface area contributed by atoms with E-state index in [9.17, 15) is 4.79 Å². The van der Waals surface area contributed by atoms with Gasteiger partial charge in [0.15, 0.2) is 5.78 Å². The Morgan fingerprint density at radius 2 is 1.83 bits per heavy atom. The van der Waals surface area contributed by atoms with E-state index in [0.717, 1.165) is 64.3 Å². The van der Waals surface area contributed by atoms with Crippen LogP contribution in [0.15, 0.2) is 88.8 Å². The molecule has 176 valence electrons. The predicted molar refractivity (Wildman–Crippen MR) is 140 cm³/mol. The molecule has 1 N–H and O–H groups in total. The lowest BCUT2D eigenvalue weighted by Crippen LogP contribution is -2.30. The highest BCUT2D eigenvalue weighted by Gasteiger charge is 2.39. The highest BCUT2D eigenvalue weighted by Crippen LogP contribution is 2.50. The number of ketones is 1. The van der Waals surface area contributed by atoms with Gasteiger partial charge in [0.05, 0.1) is 11.8 Å². The van der Waals surface area contributed by atoms with E-state index in [1.54, 1.807) is 6.26 Å². The van der Waals surface area contributed by atoms with Crippen molar-refractivity contribution < 1.29 is 9.21 Å². The second-order valence-corrected chi connectivity index (χ2v) is 9.35. The smallest absolute Gasteiger partial charge is 0.162 e. The molecule has 6 rings (SSSR count).